The molecular formula is C17H10BrN3O2. The van der Waals surface area contributed by atoms with Gasteiger partial charge in [0.1, 0.15) is 0 Å². The van der Waals surface area contributed by atoms with Gasteiger partial charge in [0.2, 0.25) is 0 Å². The predicted molar refractivity (Wildman–Crippen MR) is 92.6 cm³/mol. The van der Waals surface area contributed by atoms with Crippen molar-refractivity contribution >= 4 is 44.2 Å². The Bertz CT molecular complexity index is 983. The van der Waals surface area contributed by atoms with Crippen LogP contribution in [-0.2, 0) is 0 Å². The van der Waals surface area contributed by atoms with E-state index in [-0.39, 0.29) is 5.69 Å². The lowest BCUT2D eigenvalue weighted by Crippen LogP contribution is -1.89. The van der Waals surface area contributed by atoms with Crippen molar-refractivity contribution in [3.8, 4) is 6.07 Å². The summed E-state index contributed by atoms with van der Waals surface area (Å²) in [6, 6.07) is 14.0. The molecule has 0 fully saturated rings. The van der Waals surface area contributed by atoms with Gasteiger partial charge in [-0.1, -0.05) is 28.1 Å². The van der Waals surface area contributed by atoms with Crippen LogP contribution in [0.15, 0.2) is 53.1 Å². The molecule has 23 heavy (non-hydrogen) atoms. The Labute approximate surface area is 140 Å². The number of H-pyrrole nitrogens is 1. The maximum atomic E-state index is 10.9. The van der Waals surface area contributed by atoms with E-state index in [4.69, 9.17) is 0 Å². The molecule has 0 aliphatic heterocycles. The Morgan fingerprint density at radius 3 is 2.87 bits per heavy atom. The molecule has 0 saturated carbocycles. The van der Waals surface area contributed by atoms with E-state index in [0.717, 1.165) is 20.9 Å². The van der Waals surface area contributed by atoms with E-state index in [9.17, 15) is 15.4 Å². The molecular weight excluding hydrogens is 358 g/mol. The molecule has 3 rings (SSSR count). The lowest BCUT2D eigenvalue weighted by Gasteiger charge is -2.00. The fraction of sp³-hybridized carbons (Fsp3) is 0. The minimum Gasteiger partial charge on any atom is -0.361 e. The summed E-state index contributed by atoms with van der Waals surface area (Å²) in [6.45, 7) is 0. The molecule has 0 amide bonds. The van der Waals surface area contributed by atoms with E-state index in [1.807, 2.05) is 24.4 Å². The highest BCUT2D eigenvalue weighted by Crippen LogP contribution is 2.27. The minimum absolute atomic E-state index is 0.0367. The van der Waals surface area contributed by atoms with Gasteiger partial charge in [-0.15, -0.1) is 0 Å². The van der Waals surface area contributed by atoms with Crippen molar-refractivity contribution in [1.82, 2.24) is 4.98 Å². The Balaban J connectivity index is 2.11. The van der Waals surface area contributed by atoms with Crippen LogP contribution in [0.25, 0.3) is 22.6 Å². The first-order valence-electron chi connectivity index (χ1n) is 6.72. The summed E-state index contributed by atoms with van der Waals surface area (Å²) in [5, 5.41) is 21.3. The summed E-state index contributed by atoms with van der Waals surface area (Å²) in [4.78, 5) is 13.6. The molecule has 1 N–H and O–H groups in total. The van der Waals surface area contributed by atoms with Gasteiger partial charge in [0, 0.05) is 39.3 Å². The summed E-state index contributed by atoms with van der Waals surface area (Å²) in [5.74, 6) is 0. The van der Waals surface area contributed by atoms with Gasteiger partial charge >= 0.3 is 0 Å². The number of allylic oxidation sites excluding steroid dienone is 1. The van der Waals surface area contributed by atoms with Crippen molar-refractivity contribution in [3.05, 3.63) is 74.4 Å². The summed E-state index contributed by atoms with van der Waals surface area (Å²) < 4.78 is 0.938. The number of halogens is 1. The number of aromatic amines is 1. The second kappa shape index (κ2) is 6.07. The Kier molecular flexibility index (Phi) is 3.96. The van der Waals surface area contributed by atoms with E-state index in [1.54, 1.807) is 18.2 Å². The standard InChI is InChI=1S/C17H10BrN3O2/c18-14-4-5-17-16(8-14)13(10-20-17)6-12(9-19)11-2-1-3-15(7-11)21(22)23/h1-8,10,20H/b12-6-. The van der Waals surface area contributed by atoms with Crippen molar-refractivity contribution in [2.24, 2.45) is 0 Å². The lowest BCUT2D eigenvalue weighted by molar-refractivity contribution is -0.384. The molecule has 112 valence electrons. The van der Waals surface area contributed by atoms with Crippen LogP contribution in [-0.4, -0.2) is 9.91 Å². The van der Waals surface area contributed by atoms with Gasteiger partial charge in [0.15, 0.2) is 0 Å². The molecule has 0 bridgehead atoms. The molecule has 2 aromatic carbocycles. The molecule has 0 unspecified atom stereocenters. The molecule has 0 saturated heterocycles. The number of nitrogens with zero attached hydrogens (tertiary/aromatic N) is 2. The van der Waals surface area contributed by atoms with Crippen molar-refractivity contribution in [1.29, 1.82) is 5.26 Å². The van der Waals surface area contributed by atoms with Crippen molar-refractivity contribution in [2.45, 2.75) is 0 Å². The number of nitro groups is 1. The van der Waals surface area contributed by atoms with E-state index in [2.05, 4.69) is 27.0 Å². The van der Waals surface area contributed by atoms with E-state index >= 15 is 0 Å². The predicted octanol–water partition coefficient (Wildman–Crippen LogP) is 4.90. The first-order chi connectivity index (χ1) is 11.1. The Hall–Kier alpha value is -2.91. The quantitative estimate of drug-likeness (QED) is 0.405. The zero-order valence-electron chi connectivity index (χ0n) is 11.8. The number of fused-ring (bicyclic) bond motifs is 1. The van der Waals surface area contributed by atoms with Crippen molar-refractivity contribution in [2.75, 3.05) is 0 Å². The number of aromatic nitrogens is 1. The smallest absolute Gasteiger partial charge is 0.270 e. The van der Waals surface area contributed by atoms with Gasteiger partial charge in [-0.05, 0) is 29.8 Å². The normalized spacial score (nSPS) is 11.4. The average molecular weight is 368 g/mol. The summed E-state index contributed by atoms with van der Waals surface area (Å²) in [5.41, 5.74) is 2.66. The number of nitriles is 1. The number of rotatable bonds is 3. The first kappa shape index (κ1) is 15.0. The zero-order chi connectivity index (χ0) is 16.4. The van der Waals surface area contributed by atoms with Gasteiger partial charge < -0.3 is 4.98 Å². The second-order valence-electron chi connectivity index (χ2n) is 4.91. The second-order valence-corrected chi connectivity index (χ2v) is 5.83. The summed E-state index contributed by atoms with van der Waals surface area (Å²) in [7, 11) is 0. The monoisotopic (exact) mass is 367 g/mol. The number of nitro benzene ring substituents is 1. The highest BCUT2D eigenvalue weighted by atomic mass is 79.9. The molecule has 0 radical (unpaired) electrons. The van der Waals surface area contributed by atoms with E-state index < -0.39 is 4.92 Å². The summed E-state index contributed by atoms with van der Waals surface area (Å²) in [6.07, 6.45) is 3.54. The third-order valence-electron chi connectivity index (χ3n) is 3.46. The Morgan fingerprint density at radius 1 is 1.30 bits per heavy atom. The number of hydrogen-bond donors (Lipinski definition) is 1. The molecule has 0 aliphatic rings. The van der Waals surface area contributed by atoms with Crippen LogP contribution < -0.4 is 0 Å². The SMILES string of the molecule is N#C/C(=C/c1c[nH]c2ccc(Br)cc12)c1cccc([N+](=O)[O-])c1. The minimum atomic E-state index is -0.471. The largest absolute Gasteiger partial charge is 0.361 e. The fourth-order valence-electron chi connectivity index (χ4n) is 2.36. The first-order valence-corrected chi connectivity index (χ1v) is 7.51. The molecule has 3 aromatic rings. The van der Waals surface area contributed by atoms with Crippen LogP contribution in [0.3, 0.4) is 0 Å². The highest BCUT2D eigenvalue weighted by Gasteiger charge is 2.10. The molecule has 5 nitrogen and oxygen atoms in total. The van der Waals surface area contributed by atoms with Gasteiger partial charge in [0.25, 0.3) is 5.69 Å². The average Bonchev–Trinajstić information content (AvgIpc) is 2.94. The van der Waals surface area contributed by atoms with Crippen LogP contribution >= 0.6 is 15.9 Å². The van der Waals surface area contributed by atoms with Crippen LogP contribution in [0.1, 0.15) is 11.1 Å². The van der Waals surface area contributed by atoms with E-state index in [0.29, 0.717) is 11.1 Å². The van der Waals surface area contributed by atoms with Crippen molar-refractivity contribution in [3.63, 3.8) is 0 Å². The zero-order valence-corrected chi connectivity index (χ0v) is 13.4. The molecule has 6 heteroatoms. The molecule has 1 heterocycles. The third-order valence-corrected chi connectivity index (χ3v) is 3.96. The van der Waals surface area contributed by atoms with Crippen molar-refractivity contribution < 1.29 is 4.92 Å². The van der Waals surface area contributed by atoms with Crippen LogP contribution in [0.2, 0.25) is 0 Å². The highest BCUT2D eigenvalue weighted by molar-refractivity contribution is 9.10. The molecule has 1 aromatic heterocycles. The number of nitrogens with one attached hydrogen (secondary N) is 1. The summed E-state index contributed by atoms with van der Waals surface area (Å²) >= 11 is 3.43. The lowest BCUT2D eigenvalue weighted by atomic mass is 10.0. The fourth-order valence-corrected chi connectivity index (χ4v) is 2.72. The van der Waals surface area contributed by atoms with E-state index in [1.165, 1.54) is 12.1 Å². The van der Waals surface area contributed by atoms with Gasteiger partial charge in [-0.25, -0.2) is 0 Å². The topological polar surface area (TPSA) is 82.7 Å². The van der Waals surface area contributed by atoms with Crippen LogP contribution in [0.5, 0.6) is 0 Å². The Morgan fingerprint density at radius 2 is 2.13 bits per heavy atom. The maximum Gasteiger partial charge on any atom is 0.270 e. The maximum absolute atomic E-state index is 10.9. The molecule has 0 atom stereocenters. The van der Waals surface area contributed by atoms with Gasteiger partial charge in [0.05, 0.1) is 16.6 Å². The molecule has 0 spiro atoms. The third kappa shape index (κ3) is 3.00. The van der Waals surface area contributed by atoms with Gasteiger partial charge in [-0.3, -0.25) is 10.1 Å². The van der Waals surface area contributed by atoms with Crippen LogP contribution in [0, 0.1) is 21.4 Å². The number of benzene rings is 2. The van der Waals surface area contributed by atoms with Gasteiger partial charge in [-0.2, -0.15) is 5.26 Å². The number of non-ortho nitro benzene ring substituents is 1. The molecule has 0 aliphatic carbocycles. The number of hydrogen-bond acceptors (Lipinski definition) is 3. The van der Waals surface area contributed by atoms with Crippen LogP contribution in [0.4, 0.5) is 5.69 Å².